The molecule has 2 aromatic rings. The fraction of sp³-hybridized carbons (Fsp3) is 0.133. The summed E-state index contributed by atoms with van der Waals surface area (Å²) in [5, 5.41) is 0. The molecule has 0 saturated heterocycles. The first kappa shape index (κ1) is 14.3. The molecule has 0 saturated carbocycles. The number of Topliss-reactive ketones (excluding diaryl/α,β-unsaturated/α-hetero) is 1. The zero-order chi connectivity index (χ0) is 13.8. The van der Waals surface area contributed by atoms with E-state index in [4.69, 9.17) is 4.74 Å². The number of carbonyl (C=O) groups is 1. The Bertz CT molecular complexity index is 592. The van der Waals surface area contributed by atoms with Crippen LogP contribution in [0.15, 0.2) is 51.4 Å². The lowest BCUT2D eigenvalue weighted by atomic mass is 10.0. The highest BCUT2D eigenvalue weighted by Crippen LogP contribution is 2.25. The maximum absolute atomic E-state index is 12.3. The zero-order valence-electron chi connectivity index (χ0n) is 10.3. The van der Waals surface area contributed by atoms with Gasteiger partial charge in [0.25, 0.3) is 0 Å². The van der Waals surface area contributed by atoms with Gasteiger partial charge in [0, 0.05) is 15.4 Å². The van der Waals surface area contributed by atoms with E-state index in [0.717, 1.165) is 14.5 Å². The SMILES string of the molecule is COc1cc(Br)ccc1C(=O)Cc1ccc(Br)cc1. The second-order valence-electron chi connectivity index (χ2n) is 4.07. The summed E-state index contributed by atoms with van der Waals surface area (Å²) in [6.45, 7) is 0. The molecule has 0 aliphatic carbocycles. The summed E-state index contributed by atoms with van der Waals surface area (Å²) in [5.74, 6) is 0.642. The van der Waals surface area contributed by atoms with Gasteiger partial charge < -0.3 is 4.74 Å². The van der Waals surface area contributed by atoms with Crippen molar-refractivity contribution in [2.75, 3.05) is 7.11 Å². The first-order valence-electron chi connectivity index (χ1n) is 5.71. The molecule has 0 aromatic heterocycles. The average molecular weight is 384 g/mol. The van der Waals surface area contributed by atoms with E-state index in [2.05, 4.69) is 31.9 Å². The molecule has 0 radical (unpaired) electrons. The molecule has 0 aliphatic heterocycles. The van der Waals surface area contributed by atoms with E-state index in [1.165, 1.54) is 0 Å². The average Bonchev–Trinajstić information content (AvgIpc) is 2.41. The normalized spacial score (nSPS) is 10.3. The Morgan fingerprint density at radius 3 is 2.32 bits per heavy atom. The summed E-state index contributed by atoms with van der Waals surface area (Å²) in [6, 6.07) is 13.2. The van der Waals surface area contributed by atoms with Gasteiger partial charge in [0.15, 0.2) is 5.78 Å². The monoisotopic (exact) mass is 382 g/mol. The second kappa shape index (κ2) is 6.35. The van der Waals surface area contributed by atoms with Crippen LogP contribution in [0.1, 0.15) is 15.9 Å². The molecule has 0 amide bonds. The van der Waals surface area contributed by atoms with Gasteiger partial charge in [-0.1, -0.05) is 44.0 Å². The van der Waals surface area contributed by atoms with Gasteiger partial charge in [-0.05, 0) is 35.9 Å². The van der Waals surface area contributed by atoms with Crippen molar-refractivity contribution in [1.82, 2.24) is 0 Å². The minimum atomic E-state index is 0.0478. The lowest BCUT2D eigenvalue weighted by molar-refractivity contribution is 0.0990. The molecule has 4 heteroatoms. The Morgan fingerprint density at radius 1 is 1.05 bits per heavy atom. The molecule has 2 aromatic carbocycles. The lowest BCUT2D eigenvalue weighted by Crippen LogP contribution is -2.05. The number of methoxy groups -OCH3 is 1. The Kier molecular flexibility index (Phi) is 4.77. The number of ether oxygens (including phenoxy) is 1. The number of ketones is 1. The maximum Gasteiger partial charge on any atom is 0.170 e. The number of rotatable bonds is 4. The number of carbonyl (C=O) groups excluding carboxylic acids is 1. The first-order valence-corrected chi connectivity index (χ1v) is 7.30. The Labute approximate surface area is 129 Å². The molecule has 0 unspecified atom stereocenters. The van der Waals surface area contributed by atoms with Gasteiger partial charge in [-0.2, -0.15) is 0 Å². The van der Waals surface area contributed by atoms with Gasteiger partial charge in [-0.15, -0.1) is 0 Å². The fourth-order valence-electron chi connectivity index (χ4n) is 1.78. The molecule has 0 fully saturated rings. The molecule has 0 aliphatic rings. The molecule has 98 valence electrons. The summed E-state index contributed by atoms with van der Waals surface area (Å²) in [4.78, 5) is 12.3. The fourth-order valence-corrected chi connectivity index (χ4v) is 2.38. The van der Waals surface area contributed by atoms with Crippen LogP contribution in [0.2, 0.25) is 0 Å². The molecular weight excluding hydrogens is 372 g/mol. The maximum atomic E-state index is 12.3. The van der Waals surface area contributed by atoms with Gasteiger partial charge in [0.1, 0.15) is 5.75 Å². The highest BCUT2D eigenvalue weighted by atomic mass is 79.9. The van der Waals surface area contributed by atoms with Crippen LogP contribution in [0.3, 0.4) is 0 Å². The van der Waals surface area contributed by atoms with Crippen molar-refractivity contribution in [1.29, 1.82) is 0 Å². The molecular formula is C15H12Br2O2. The van der Waals surface area contributed by atoms with E-state index < -0.39 is 0 Å². The van der Waals surface area contributed by atoms with Crippen LogP contribution >= 0.6 is 31.9 Å². The minimum Gasteiger partial charge on any atom is -0.496 e. The third-order valence-electron chi connectivity index (χ3n) is 2.74. The van der Waals surface area contributed by atoms with Crippen LogP contribution in [-0.4, -0.2) is 12.9 Å². The van der Waals surface area contributed by atoms with Crippen molar-refractivity contribution in [2.24, 2.45) is 0 Å². The van der Waals surface area contributed by atoms with Crippen molar-refractivity contribution in [3.63, 3.8) is 0 Å². The molecule has 0 spiro atoms. The number of halogens is 2. The zero-order valence-corrected chi connectivity index (χ0v) is 13.5. The molecule has 0 heterocycles. The number of hydrogen-bond acceptors (Lipinski definition) is 2. The first-order chi connectivity index (χ1) is 9.10. The molecule has 0 atom stereocenters. The summed E-state index contributed by atoms with van der Waals surface area (Å²) in [6.07, 6.45) is 0.366. The van der Waals surface area contributed by atoms with Crippen LogP contribution in [0, 0.1) is 0 Å². The standard InChI is InChI=1S/C15H12Br2O2/c1-19-15-9-12(17)6-7-13(15)14(18)8-10-2-4-11(16)5-3-10/h2-7,9H,8H2,1H3. The van der Waals surface area contributed by atoms with Crippen LogP contribution in [-0.2, 0) is 6.42 Å². The molecule has 2 nitrogen and oxygen atoms in total. The van der Waals surface area contributed by atoms with E-state index in [1.54, 1.807) is 19.2 Å². The third kappa shape index (κ3) is 3.67. The topological polar surface area (TPSA) is 26.3 Å². The number of hydrogen-bond donors (Lipinski definition) is 0. The second-order valence-corrected chi connectivity index (χ2v) is 5.90. The highest BCUT2D eigenvalue weighted by molar-refractivity contribution is 9.10. The van der Waals surface area contributed by atoms with E-state index in [9.17, 15) is 4.79 Å². The smallest absolute Gasteiger partial charge is 0.170 e. The predicted molar refractivity (Wildman–Crippen MR) is 82.9 cm³/mol. The van der Waals surface area contributed by atoms with Crippen LogP contribution in [0.25, 0.3) is 0 Å². The van der Waals surface area contributed by atoms with E-state index in [0.29, 0.717) is 17.7 Å². The summed E-state index contributed by atoms with van der Waals surface area (Å²) in [5.41, 5.74) is 1.59. The summed E-state index contributed by atoms with van der Waals surface area (Å²) >= 11 is 6.74. The van der Waals surface area contributed by atoms with Gasteiger partial charge in [0.2, 0.25) is 0 Å². The number of benzene rings is 2. The molecule has 19 heavy (non-hydrogen) atoms. The van der Waals surface area contributed by atoms with Crippen molar-refractivity contribution < 1.29 is 9.53 Å². The molecule has 2 rings (SSSR count). The van der Waals surface area contributed by atoms with Gasteiger partial charge in [-0.25, -0.2) is 0 Å². The lowest BCUT2D eigenvalue weighted by Gasteiger charge is -2.08. The summed E-state index contributed by atoms with van der Waals surface area (Å²) in [7, 11) is 1.57. The third-order valence-corrected chi connectivity index (χ3v) is 3.76. The predicted octanol–water partition coefficient (Wildman–Crippen LogP) is 4.65. The minimum absolute atomic E-state index is 0.0478. The van der Waals surface area contributed by atoms with E-state index in [-0.39, 0.29) is 5.78 Å². The van der Waals surface area contributed by atoms with Crippen molar-refractivity contribution in [2.45, 2.75) is 6.42 Å². The van der Waals surface area contributed by atoms with Crippen LogP contribution in [0.5, 0.6) is 5.75 Å². The molecule has 0 N–H and O–H groups in total. The largest absolute Gasteiger partial charge is 0.496 e. The Morgan fingerprint density at radius 2 is 1.68 bits per heavy atom. The van der Waals surface area contributed by atoms with Crippen LogP contribution < -0.4 is 4.74 Å². The van der Waals surface area contributed by atoms with Gasteiger partial charge >= 0.3 is 0 Å². The van der Waals surface area contributed by atoms with Gasteiger partial charge in [-0.3, -0.25) is 4.79 Å². The van der Waals surface area contributed by atoms with Gasteiger partial charge in [0.05, 0.1) is 12.7 Å². The Balaban J connectivity index is 2.22. The molecule has 0 bridgehead atoms. The quantitative estimate of drug-likeness (QED) is 0.718. The van der Waals surface area contributed by atoms with E-state index in [1.807, 2.05) is 30.3 Å². The van der Waals surface area contributed by atoms with Crippen molar-refractivity contribution >= 4 is 37.6 Å². The Hall–Kier alpha value is -1.13. The van der Waals surface area contributed by atoms with Crippen molar-refractivity contribution in [3.8, 4) is 5.75 Å². The highest BCUT2D eigenvalue weighted by Gasteiger charge is 2.13. The van der Waals surface area contributed by atoms with E-state index >= 15 is 0 Å². The summed E-state index contributed by atoms with van der Waals surface area (Å²) < 4.78 is 7.14. The van der Waals surface area contributed by atoms with Crippen molar-refractivity contribution in [3.05, 3.63) is 62.5 Å². The van der Waals surface area contributed by atoms with Crippen LogP contribution in [0.4, 0.5) is 0 Å².